The molecule has 0 unspecified atom stereocenters. The van der Waals surface area contributed by atoms with E-state index in [-0.39, 0.29) is 5.91 Å². The minimum absolute atomic E-state index is 0.268. The first-order chi connectivity index (χ1) is 12.6. The molecule has 0 aliphatic carbocycles. The third kappa shape index (κ3) is 4.08. The van der Waals surface area contributed by atoms with Crippen LogP contribution in [0.5, 0.6) is 0 Å². The van der Waals surface area contributed by atoms with E-state index in [2.05, 4.69) is 33.6 Å². The third-order valence-electron chi connectivity index (χ3n) is 4.07. The Morgan fingerprint density at radius 2 is 2.00 bits per heavy atom. The summed E-state index contributed by atoms with van der Waals surface area (Å²) in [5.74, 6) is 1.56. The molecule has 0 aliphatic rings. The molecule has 0 saturated carbocycles. The van der Waals surface area contributed by atoms with Crippen molar-refractivity contribution in [1.82, 2.24) is 15.3 Å². The van der Waals surface area contributed by atoms with Crippen molar-refractivity contribution >= 4 is 17.4 Å². The van der Waals surface area contributed by atoms with E-state index in [1.165, 1.54) is 5.56 Å². The summed E-state index contributed by atoms with van der Waals surface area (Å²) < 4.78 is 5.23. The Kier molecular flexibility index (Phi) is 5.31. The van der Waals surface area contributed by atoms with Crippen LogP contribution in [0.4, 0.5) is 11.5 Å². The van der Waals surface area contributed by atoms with E-state index in [0.29, 0.717) is 29.6 Å². The maximum absolute atomic E-state index is 12.4. The van der Waals surface area contributed by atoms with Crippen LogP contribution in [0.15, 0.2) is 47.1 Å². The van der Waals surface area contributed by atoms with Crippen LogP contribution in [0.2, 0.25) is 0 Å². The van der Waals surface area contributed by atoms with Gasteiger partial charge in [0.15, 0.2) is 0 Å². The van der Waals surface area contributed by atoms with Gasteiger partial charge in [0.05, 0.1) is 12.8 Å². The number of aryl methyl sites for hydroxylation is 3. The minimum Gasteiger partial charge on any atom is -0.467 e. The second-order valence-electron chi connectivity index (χ2n) is 6.04. The fourth-order valence-corrected chi connectivity index (χ4v) is 2.75. The fourth-order valence-electron chi connectivity index (χ4n) is 2.75. The van der Waals surface area contributed by atoms with E-state index >= 15 is 0 Å². The molecule has 6 heteroatoms. The molecule has 3 rings (SSSR count). The number of aromatic nitrogens is 2. The van der Waals surface area contributed by atoms with Gasteiger partial charge in [-0.25, -0.2) is 9.97 Å². The van der Waals surface area contributed by atoms with Gasteiger partial charge < -0.3 is 15.1 Å². The predicted molar refractivity (Wildman–Crippen MR) is 100 cm³/mol. The molecule has 2 heterocycles. The topological polar surface area (TPSA) is 80.0 Å². The Balaban J connectivity index is 1.80. The van der Waals surface area contributed by atoms with E-state index in [9.17, 15) is 4.79 Å². The Labute approximate surface area is 152 Å². The highest BCUT2D eigenvalue weighted by molar-refractivity contribution is 5.93. The highest BCUT2D eigenvalue weighted by atomic mass is 16.3. The molecule has 0 atom stereocenters. The molecule has 6 nitrogen and oxygen atoms in total. The Morgan fingerprint density at radius 3 is 2.73 bits per heavy atom. The van der Waals surface area contributed by atoms with Crippen molar-refractivity contribution in [3.05, 3.63) is 71.1 Å². The molecular formula is C20H22N4O2. The van der Waals surface area contributed by atoms with Gasteiger partial charge in [0.2, 0.25) is 0 Å². The molecule has 2 aromatic heterocycles. The summed E-state index contributed by atoms with van der Waals surface area (Å²) in [5.41, 5.74) is 3.67. The highest BCUT2D eigenvalue weighted by Crippen LogP contribution is 2.24. The van der Waals surface area contributed by atoms with Crippen LogP contribution >= 0.6 is 0 Å². The van der Waals surface area contributed by atoms with Crippen molar-refractivity contribution in [3.63, 3.8) is 0 Å². The van der Waals surface area contributed by atoms with Gasteiger partial charge in [0, 0.05) is 11.8 Å². The van der Waals surface area contributed by atoms with Crippen LogP contribution in [0, 0.1) is 13.8 Å². The van der Waals surface area contributed by atoms with Gasteiger partial charge in [-0.2, -0.15) is 0 Å². The summed E-state index contributed by atoms with van der Waals surface area (Å²) in [6.45, 7) is 6.24. The first-order valence-corrected chi connectivity index (χ1v) is 8.58. The number of nitrogens with one attached hydrogen (secondary N) is 2. The fraction of sp³-hybridized carbons (Fsp3) is 0.250. The molecule has 0 fully saturated rings. The SMILES string of the molecule is CCc1cccc(C)c1Nc1cc(C(=O)NCc2ccco2)nc(C)n1. The van der Waals surface area contributed by atoms with E-state index in [1.54, 1.807) is 25.3 Å². The number of hydrogen-bond donors (Lipinski definition) is 2. The number of para-hydroxylation sites is 1. The summed E-state index contributed by atoms with van der Waals surface area (Å²) in [6, 6.07) is 11.4. The lowest BCUT2D eigenvalue weighted by Gasteiger charge is -2.14. The van der Waals surface area contributed by atoms with Crippen molar-refractivity contribution in [2.24, 2.45) is 0 Å². The quantitative estimate of drug-likeness (QED) is 0.704. The molecule has 26 heavy (non-hydrogen) atoms. The van der Waals surface area contributed by atoms with Gasteiger partial charge in [-0.05, 0) is 43.5 Å². The number of carbonyl (C=O) groups excluding carboxylic acids is 1. The largest absolute Gasteiger partial charge is 0.467 e. The number of hydrogen-bond acceptors (Lipinski definition) is 5. The zero-order valence-electron chi connectivity index (χ0n) is 15.2. The number of anilines is 2. The summed E-state index contributed by atoms with van der Waals surface area (Å²) in [5, 5.41) is 6.15. The van der Waals surface area contributed by atoms with E-state index in [1.807, 2.05) is 25.1 Å². The smallest absolute Gasteiger partial charge is 0.270 e. The molecule has 3 aromatic rings. The molecule has 0 spiro atoms. The normalized spacial score (nSPS) is 10.6. The number of carbonyl (C=O) groups is 1. The minimum atomic E-state index is -0.268. The van der Waals surface area contributed by atoms with Gasteiger partial charge in [0.1, 0.15) is 23.1 Å². The summed E-state index contributed by atoms with van der Waals surface area (Å²) in [6.07, 6.45) is 2.48. The maximum Gasteiger partial charge on any atom is 0.270 e. The van der Waals surface area contributed by atoms with Gasteiger partial charge in [-0.1, -0.05) is 25.1 Å². The number of furan rings is 1. The molecule has 0 saturated heterocycles. The average molecular weight is 350 g/mol. The Morgan fingerprint density at radius 1 is 1.15 bits per heavy atom. The number of amides is 1. The van der Waals surface area contributed by atoms with Crippen LogP contribution in [0.3, 0.4) is 0 Å². The monoisotopic (exact) mass is 350 g/mol. The molecular weight excluding hydrogens is 328 g/mol. The second kappa shape index (κ2) is 7.82. The average Bonchev–Trinajstić information content (AvgIpc) is 3.14. The Hall–Kier alpha value is -3.15. The van der Waals surface area contributed by atoms with E-state index < -0.39 is 0 Å². The van der Waals surface area contributed by atoms with Crippen molar-refractivity contribution < 1.29 is 9.21 Å². The van der Waals surface area contributed by atoms with Gasteiger partial charge in [-0.3, -0.25) is 4.79 Å². The number of benzene rings is 1. The first-order valence-electron chi connectivity index (χ1n) is 8.58. The van der Waals surface area contributed by atoms with Crippen LogP contribution in [-0.2, 0) is 13.0 Å². The van der Waals surface area contributed by atoms with Crippen LogP contribution in [-0.4, -0.2) is 15.9 Å². The van der Waals surface area contributed by atoms with Gasteiger partial charge in [-0.15, -0.1) is 0 Å². The van der Waals surface area contributed by atoms with E-state index in [4.69, 9.17) is 4.42 Å². The van der Waals surface area contributed by atoms with E-state index in [0.717, 1.165) is 17.7 Å². The van der Waals surface area contributed by atoms with Crippen molar-refractivity contribution in [3.8, 4) is 0 Å². The third-order valence-corrected chi connectivity index (χ3v) is 4.07. The van der Waals surface area contributed by atoms with Crippen molar-refractivity contribution in [1.29, 1.82) is 0 Å². The molecule has 2 N–H and O–H groups in total. The lowest BCUT2D eigenvalue weighted by molar-refractivity contribution is 0.0942. The van der Waals surface area contributed by atoms with Gasteiger partial charge in [0.25, 0.3) is 5.91 Å². The van der Waals surface area contributed by atoms with Gasteiger partial charge >= 0.3 is 0 Å². The standard InChI is InChI=1S/C20H22N4O2/c1-4-15-8-5-7-13(2)19(15)24-18-11-17(22-14(3)23-18)20(25)21-12-16-9-6-10-26-16/h5-11H,4,12H2,1-3H3,(H,21,25)(H,22,23,24). The number of rotatable bonds is 6. The van der Waals surface area contributed by atoms with Crippen LogP contribution < -0.4 is 10.6 Å². The molecule has 134 valence electrons. The molecule has 0 aliphatic heterocycles. The highest BCUT2D eigenvalue weighted by Gasteiger charge is 2.12. The van der Waals surface area contributed by atoms with Crippen molar-refractivity contribution in [2.45, 2.75) is 33.7 Å². The molecule has 0 bridgehead atoms. The summed E-state index contributed by atoms with van der Waals surface area (Å²) >= 11 is 0. The predicted octanol–water partition coefficient (Wildman–Crippen LogP) is 3.92. The van der Waals surface area contributed by atoms with Crippen LogP contribution in [0.1, 0.15) is 40.1 Å². The number of nitrogens with zero attached hydrogens (tertiary/aromatic N) is 2. The lowest BCUT2D eigenvalue weighted by Crippen LogP contribution is -2.24. The zero-order valence-corrected chi connectivity index (χ0v) is 15.2. The first kappa shape index (κ1) is 17.7. The van der Waals surface area contributed by atoms with Crippen LogP contribution in [0.25, 0.3) is 0 Å². The second-order valence-corrected chi connectivity index (χ2v) is 6.04. The lowest BCUT2D eigenvalue weighted by atomic mass is 10.1. The summed E-state index contributed by atoms with van der Waals surface area (Å²) in [7, 11) is 0. The zero-order chi connectivity index (χ0) is 18.5. The molecule has 1 aromatic carbocycles. The molecule has 0 radical (unpaired) electrons. The maximum atomic E-state index is 12.4. The van der Waals surface area contributed by atoms with Crippen molar-refractivity contribution in [2.75, 3.05) is 5.32 Å². The Bertz CT molecular complexity index is 904. The molecule has 1 amide bonds. The summed E-state index contributed by atoms with van der Waals surface area (Å²) in [4.78, 5) is 21.1.